The molecule has 0 amide bonds. The van der Waals surface area contributed by atoms with Crippen LogP contribution in [0.5, 0.6) is 0 Å². The number of rotatable bonds is 4. The zero-order valence-corrected chi connectivity index (χ0v) is 11.3. The lowest BCUT2D eigenvalue weighted by molar-refractivity contribution is -0.137. The van der Waals surface area contributed by atoms with Crippen molar-refractivity contribution >= 4 is 29.2 Å². The van der Waals surface area contributed by atoms with Crippen LogP contribution in [0, 0.1) is 5.92 Å². The Morgan fingerprint density at radius 1 is 1.58 bits per heavy atom. The normalized spacial score (nSPS) is 19.4. The zero-order valence-electron chi connectivity index (χ0n) is 10.5. The van der Waals surface area contributed by atoms with Gasteiger partial charge in [0.15, 0.2) is 5.82 Å². The van der Waals surface area contributed by atoms with Crippen LogP contribution in [-0.2, 0) is 4.79 Å². The summed E-state index contributed by atoms with van der Waals surface area (Å²) in [5.74, 6) is 0.534. The highest BCUT2D eigenvalue weighted by atomic mass is 35.5. The van der Waals surface area contributed by atoms with E-state index in [1.165, 1.54) is 6.33 Å². The quantitative estimate of drug-likeness (QED) is 0.876. The Balaban J connectivity index is 2.04. The summed E-state index contributed by atoms with van der Waals surface area (Å²) in [6.07, 6.45) is 4.34. The van der Waals surface area contributed by atoms with Crippen LogP contribution in [0.2, 0.25) is 5.02 Å². The number of hydrogen-bond donors (Lipinski definition) is 2. The molecular weight excluding hydrogens is 268 g/mol. The van der Waals surface area contributed by atoms with Crippen LogP contribution in [-0.4, -0.2) is 34.1 Å². The lowest BCUT2D eigenvalue weighted by atomic mass is 9.93. The maximum Gasteiger partial charge on any atom is 0.303 e. The fraction of sp³-hybridized carbons (Fsp3) is 0.583. The maximum atomic E-state index is 10.6. The number of carboxylic acids is 1. The average molecular weight is 285 g/mol. The molecule has 0 aliphatic carbocycles. The first kappa shape index (κ1) is 13.9. The third-order valence-electron chi connectivity index (χ3n) is 3.38. The van der Waals surface area contributed by atoms with Gasteiger partial charge in [-0.3, -0.25) is 4.79 Å². The number of aromatic nitrogens is 2. The molecule has 104 valence electrons. The first-order valence-corrected chi connectivity index (χ1v) is 6.68. The van der Waals surface area contributed by atoms with Gasteiger partial charge < -0.3 is 15.7 Å². The van der Waals surface area contributed by atoms with Gasteiger partial charge in [0.1, 0.15) is 17.2 Å². The van der Waals surface area contributed by atoms with Gasteiger partial charge in [0.25, 0.3) is 0 Å². The van der Waals surface area contributed by atoms with Gasteiger partial charge in [-0.1, -0.05) is 11.6 Å². The van der Waals surface area contributed by atoms with Crippen molar-refractivity contribution < 1.29 is 9.90 Å². The van der Waals surface area contributed by atoms with Gasteiger partial charge >= 0.3 is 5.97 Å². The van der Waals surface area contributed by atoms with Gasteiger partial charge in [-0.2, -0.15) is 0 Å². The maximum absolute atomic E-state index is 10.6. The Bertz CT molecular complexity index is 469. The predicted octanol–water partition coefficient (Wildman–Crippen LogP) is 1.79. The second-order valence-electron chi connectivity index (χ2n) is 4.78. The number of nitrogen functional groups attached to an aromatic ring is 1. The molecular formula is C12H17ClN4O2. The highest BCUT2D eigenvalue weighted by Gasteiger charge is 2.23. The smallest absolute Gasteiger partial charge is 0.303 e. The van der Waals surface area contributed by atoms with Crippen molar-refractivity contribution in [3.8, 4) is 0 Å². The molecule has 1 aromatic rings. The molecule has 1 fully saturated rings. The standard InChI is InChI=1S/C12H17ClN4O2/c13-10-11(14)15-7-16-12(10)17-5-1-2-8(6-17)3-4-9(18)19/h7-8H,1-6H2,(H,18,19)(H2,14,15,16)/t8-/m1/s1. The fourth-order valence-corrected chi connectivity index (χ4v) is 2.63. The molecule has 0 saturated carbocycles. The number of piperidine rings is 1. The zero-order chi connectivity index (χ0) is 13.8. The van der Waals surface area contributed by atoms with Crippen molar-refractivity contribution in [1.29, 1.82) is 0 Å². The van der Waals surface area contributed by atoms with Crippen LogP contribution >= 0.6 is 11.6 Å². The van der Waals surface area contributed by atoms with E-state index in [2.05, 4.69) is 14.9 Å². The second kappa shape index (κ2) is 6.06. The Labute approximate surface area is 116 Å². The van der Waals surface area contributed by atoms with Crippen molar-refractivity contribution in [1.82, 2.24) is 9.97 Å². The fourth-order valence-electron chi connectivity index (χ4n) is 2.41. The Hall–Kier alpha value is -1.56. The van der Waals surface area contributed by atoms with Crippen LogP contribution in [0.4, 0.5) is 11.6 Å². The Morgan fingerprint density at radius 2 is 2.37 bits per heavy atom. The van der Waals surface area contributed by atoms with Crippen molar-refractivity contribution in [3.05, 3.63) is 11.3 Å². The van der Waals surface area contributed by atoms with E-state index >= 15 is 0 Å². The minimum Gasteiger partial charge on any atom is -0.481 e. The molecule has 2 rings (SSSR count). The van der Waals surface area contributed by atoms with E-state index in [1.54, 1.807) is 0 Å². The van der Waals surface area contributed by atoms with Gasteiger partial charge in [0.2, 0.25) is 0 Å². The van der Waals surface area contributed by atoms with Gasteiger partial charge in [-0.05, 0) is 25.2 Å². The first-order valence-electron chi connectivity index (χ1n) is 6.30. The van der Waals surface area contributed by atoms with E-state index in [0.29, 0.717) is 23.2 Å². The molecule has 0 bridgehead atoms. The molecule has 1 atom stereocenters. The molecule has 6 nitrogen and oxygen atoms in total. The summed E-state index contributed by atoms with van der Waals surface area (Å²) in [5, 5.41) is 9.11. The lowest BCUT2D eigenvalue weighted by Crippen LogP contribution is -2.36. The summed E-state index contributed by atoms with van der Waals surface area (Å²) in [7, 11) is 0. The first-order chi connectivity index (χ1) is 9.08. The third-order valence-corrected chi connectivity index (χ3v) is 3.75. The summed E-state index contributed by atoms with van der Waals surface area (Å²) < 4.78 is 0. The third kappa shape index (κ3) is 3.47. The van der Waals surface area contributed by atoms with Crippen LogP contribution in [0.15, 0.2) is 6.33 Å². The van der Waals surface area contributed by atoms with Gasteiger partial charge in [0.05, 0.1) is 0 Å². The van der Waals surface area contributed by atoms with Crippen molar-refractivity contribution in [2.45, 2.75) is 25.7 Å². The minimum atomic E-state index is -0.749. The van der Waals surface area contributed by atoms with Crippen LogP contribution in [0.1, 0.15) is 25.7 Å². The molecule has 7 heteroatoms. The van der Waals surface area contributed by atoms with Gasteiger partial charge in [0, 0.05) is 19.5 Å². The van der Waals surface area contributed by atoms with Gasteiger partial charge in [-0.25, -0.2) is 9.97 Å². The summed E-state index contributed by atoms with van der Waals surface area (Å²) in [5.41, 5.74) is 5.67. The number of nitrogens with zero attached hydrogens (tertiary/aromatic N) is 3. The van der Waals surface area contributed by atoms with Crippen LogP contribution in [0.25, 0.3) is 0 Å². The van der Waals surface area contributed by atoms with E-state index < -0.39 is 5.97 Å². The predicted molar refractivity (Wildman–Crippen MR) is 73.3 cm³/mol. The van der Waals surface area contributed by atoms with Crippen LogP contribution in [0.3, 0.4) is 0 Å². The highest BCUT2D eigenvalue weighted by Crippen LogP contribution is 2.31. The minimum absolute atomic E-state index is 0.206. The molecule has 0 aromatic carbocycles. The molecule has 0 radical (unpaired) electrons. The summed E-state index contributed by atoms with van der Waals surface area (Å²) in [4.78, 5) is 20.7. The number of aliphatic carboxylic acids is 1. The summed E-state index contributed by atoms with van der Waals surface area (Å²) >= 11 is 6.12. The Kier molecular flexibility index (Phi) is 4.42. The molecule has 1 aliphatic rings. The number of carboxylic acid groups (broad SMARTS) is 1. The molecule has 1 aromatic heterocycles. The topological polar surface area (TPSA) is 92.3 Å². The monoisotopic (exact) mass is 284 g/mol. The van der Waals surface area contributed by atoms with Crippen molar-refractivity contribution in [3.63, 3.8) is 0 Å². The molecule has 1 saturated heterocycles. The largest absolute Gasteiger partial charge is 0.481 e. The average Bonchev–Trinajstić information content (AvgIpc) is 2.40. The number of hydrogen-bond acceptors (Lipinski definition) is 5. The molecule has 0 spiro atoms. The van der Waals surface area contributed by atoms with E-state index in [4.69, 9.17) is 22.4 Å². The Morgan fingerprint density at radius 3 is 3.11 bits per heavy atom. The number of nitrogens with two attached hydrogens (primary N) is 1. The number of carbonyl (C=O) groups is 1. The molecule has 3 N–H and O–H groups in total. The van der Waals surface area contributed by atoms with E-state index in [0.717, 1.165) is 25.9 Å². The van der Waals surface area contributed by atoms with Gasteiger partial charge in [-0.15, -0.1) is 0 Å². The molecule has 2 heterocycles. The SMILES string of the molecule is Nc1ncnc(N2CCC[C@H](CCC(=O)O)C2)c1Cl. The van der Waals surface area contributed by atoms with E-state index in [1.807, 2.05) is 0 Å². The van der Waals surface area contributed by atoms with E-state index in [9.17, 15) is 4.79 Å². The lowest BCUT2D eigenvalue weighted by Gasteiger charge is -2.33. The summed E-state index contributed by atoms with van der Waals surface area (Å²) in [6.45, 7) is 1.63. The highest BCUT2D eigenvalue weighted by molar-refractivity contribution is 6.35. The number of anilines is 2. The van der Waals surface area contributed by atoms with E-state index in [-0.39, 0.29) is 12.2 Å². The van der Waals surface area contributed by atoms with Crippen LogP contribution < -0.4 is 10.6 Å². The summed E-state index contributed by atoms with van der Waals surface area (Å²) in [6, 6.07) is 0. The molecule has 0 unspecified atom stereocenters. The van der Waals surface area contributed by atoms with Crippen molar-refractivity contribution in [2.75, 3.05) is 23.7 Å². The van der Waals surface area contributed by atoms with Crippen molar-refractivity contribution in [2.24, 2.45) is 5.92 Å². The molecule has 1 aliphatic heterocycles. The molecule has 19 heavy (non-hydrogen) atoms. The number of halogens is 1. The second-order valence-corrected chi connectivity index (χ2v) is 5.16.